The molecule has 0 radical (unpaired) electrons. The van der Waals surface area contributed by atoms with Gasteiger partial charge in [0.1, 0.15) is 0 Å². The molecule has 1 aromatic heterocycles. The van der Waals surface area contributed by atoms with E-state index in [1.807, 2.05) is 0 Å². The van der Waals surface area contributed by atoms with E-state index in [1.54, 1.807) is 11.3 Å². The summed E-state index contributed by atoms with van der Waals surface area (Å²) >= 11 is 1.79. The quantitative estimate of drug-likeness (QED) is 0.818. The van der Waals surface area contributed by atoms with Gasteiger partial charge in [0.25, 0.3) is 0 Å². The van der Waals surface area contributed by atoms with Gasteiger partial charge in [-0.05, 0) is 55.2 Å². The molecule has 1 aliphatic carbocycles. The predicted octanol–water partition coefficient (Wildman–Crippen LogP) is 2.52. The Hall–Kier alpha value is -0.170. The van der Waals surface area contributed by atoms with Crippen LogP contribution in [0, 0.1) is 5.92 Å². The summed E-state index contributed by atoms with van der Waals surface area (Å²) in [7, 11) is 4.35. The van der Waals surface area contributed by atoms with Gasteiger partial charge in [-0.25, -0.2) is 0 Å². The Bertz CT molecular complexity index is 437. The number of likely N-dealkylation sites (N-methyl/N-ethyl adjacent to an activating group) is 1. The van der Waals surface area contributed by atoms with Gasteiger partial charge in [-0.3, -0.25) is 0 Å². The van der Waals surface area contributed by atoms with E-state index in [2.05, 4.69) is 46.5 Å². The predicted molar refractivity (Wildman–Crippen MR) is 99.7 cm³/mol. The van der Waals surface area contributed by atoms with E-state index in [0.717, 1.165) is 26.3 Å². The summed E-state index contributed by atoms with van der Waals surface area (Å²) in [5.74, 6) is 0.714. The first-order valence-electron chi connectivity index (χ1n) is 8.48. The van der Waals surface area contributed by atoms with Crippen LogP contribution in [-0.2, 0) is 4.74 Å². The number of hydrogen-bond donors (Lipinski definition) is 2. The molecule has 0 amide bonds. The normalized spacial score (nSPS) is 29.4. The summed E-state index contributed by atoms with van der Waals surface area (Å²) in [6.45, 7) is 3.77. The zero-order chi connectivity index (χ0) is 15.4. The maximum Gasteiger partial charge on any atom is 0.0623 e. The Morgan fingerprint density at radius 3 is 2.96 bits per heavy atom. The van der Waals surface area contributed by atoms with Crippen LogP contribution in [-0.4, -0.2) is 57.4 Å². The molecule has 6 heteroatoms. The molecule has 2 heterocycles. The third-order valence-electron chi connectivity index (χ3n) is 5.16. The van der Waals surface area contributed by atoms with Gasteiger partial charge in [-0.15, -0.1) is 12.4 Å². The summed E-state index contributed by atoms with van der Waals surface area (Å²) < 4.78 is 5.67. The minimum Gasteiger partial charge on any atom is -0.379 e. The van der Waals surface area contributed by atoms with Crippen LogP contribution < -0.4 is 10.6 Å². The molecule has 1 aromatic rings. The molecule has 1 saturated carbocycles. The first-order valence-corrected chi connectivity index (χ1v) is 9.43. The fourth-order valence-corrected chi connectivity index (χ4v) is 4.62. The molecule has 4 atom stereocenters. The van der Waals surface area contributed by atoms with Crippen molar-refractivity contribution in [2.24, 2.45) is 5.92 Å². The summed E-state index contributed by atoms with van der Waals surface area (Å²) in [4.78, 5) is 2.32. The van der Waals surface area contributed by atoms with Crippen molar-refractivity contribution in [1.82, 2.24) is 15.5 Å². The molecule has 2 N–H and O–H groups in total. The van der Waals surface area contributed by atoms with Crippen molar-refractivity contribution in [1.29, 1.82) is 0 Å². The number of thiophene rings is 1. The van der Waals surface area contributed by atoms with Crippen LogP contribution in [0.2, 0.25) is 0 Å². The molecule has 0 bridgehead atoms. The second kappa shape index (κ2) is 9.35. The highest BCUT2D eigenvalue weighted by Gasteiger charge is 2.34. The van der Waals surface area contributed by atoms with Crippen LogP contribution in [0.4, 0.5) is 0 Å². The van der Waals surface area contributed by atoms with E-state index >= 15 is 0 Å². The third kappa shape index (κ3) is 4.91. The third-order valence-corrected chi connectivity index (χ3v) is 5.86. The number of rotatable bonds is 6. The monoisotopic (exact) mass is 359 g/mol. The number of nitrogens with zero attached hydrogens (tertiary/aromatic N) is 1. The summed E-state index contributed by atoms with van der Waals surface area (Å²) in [6, 6.07) is 3.87. The average Bonchev–Trinajstić information content (AvgIpc) is 3.19. The van der Waals surface area contributed by atoms with E-state index < -0.39 is 0 Å². The van der Waals surface area contributed by atoms with Crippen LogP contribution in [0.1, 0.15) is 30.9 Å². The largest absolute Gasteiger partial charge is 0.379 e. The van der Waals surface area contributed by atoms with Gasteiger partial charge in [0, 0.05) is 31.2 Å². The van der Waals surface area contributed by atoms with Crippen LogP contribution in [0.15, 0.2) is 16.8 Å². The lowest BCUT2D eigenvalue weighted by molar-refractivity contribution is 0.0520. The average molecular weight is 360 g/mol. The molecule has 0 aromatic carbocycles. The maximum absolute atomic E-state index is 5.67. The molecule has 3 rings (SSSR count). The van der Waals surface area contributed by atoms with Crippen molar-refractivity contribution in [2.75, 3.05) is 40.4 Å². The highest BCUT2D eigenvalue weighted by atomic mass is 35.5. The highest BCUT2D eigenvalue weighted by Crippen LogP contribution is 2.30. The summed E-state index contributed by atoms with van der Waals surface area (Å²) in [5, 5.41) is 12.0. The van der Waals surface area contributed by atoms with Gasteiger partial charge in [-0.1, -0.05) is 6.42 Å². The molecule has 4 nitrogen and oxygen atoms in total. The van der Waals surface area contributed by atoms with E-state index in [-0.39, 0.29) is 12.4 Å². The molecular formula is C17H30ClN3OS. The van der Waals surface area contributed by atoms with Crippen molar-refractivity contribution in [3.63, 3.8) is 0 Å². The molecule has 1 aliphatic heterocycles. The Morgan fingerprint density at radius 1 is 1.43 bits per heavy atom. The lowest BCUT2D eigenvalue weighted by atomic mass is 9.93. The topological polar surface area (TPSA) is 36.5 Å². The number of nitrogens with one attached hydrogen (secondary N) is 2. The second-order valence-corrected chi connectivity index (χ2v) is 7.56. The second-order valence-electron chi connectivity index (χ2n) is 6.78. The number of halogens is 1. The zero-order valence-electron chi connectivity index (χ0n) is 14.2. The standard InChI is InChI=1S/C17H29N3OS.ClH/c1-20(2)17(13-6-9-22-12-13)10-19-15-5-3-4-14(15)16-11-21-8-7-18-16;/h6,9,12,14-19H,3-5,7-8,10-11H2,1-2H3;1H. The molecule has 2 fully saturated rings. The maximum atomic E-state index is 5.67. The van der Waals surface area contributed by atoms with Gasteiger partial charge < -0.3 is 20.3 Å². The van der Waals surface area contributed by atoms with Gasteiger partial charge in [0.05, 0.1) is 13.2 Å². The van der Waals surface area contributed by atoms with Crippen molar-refractivity contribution in [3.8, 4) is 0 Å². The number of hydrogen-bond acceptors (Lipinski definition) is 5. The summed E-state index contributed by atoms with van der Waals surface area (Å²) in [6.07, 6.45) is 3.96. The zero-order valence-corrected chi connectivity index (χ0v) is 15.8. The summed E-state index contributed by atoms with van der Waals surface area (Å²) in [5.41, 5.74) is 1.43. The van der Waals surface area contributed by atoms with E-state index in [9.17, 15) is 0 Å². The lowest BCUT2D eigenvalue weighted by Gasteiger charge is -2.34. The van der Waals surface area contributed by atoms with Crippen molar-refractivity contribution in [2.45, 2.75) is 37.4 Å². The van der Waals surface area contributed by atoms with E-state index in [4.69, 9.17) is 4.74 Å². The Labute approximate surface area is 150 Å². The van der Waals surface area contributed by atoms with Gasteiger partial charge in [0.2, 0.25) is 0 Å². The molecular weight excluding hydrogens is 330 g/mol. The molecule has 4 unspecified atom stereocenters. The number of ether oxygens (including phenoxy) is 1. The minimum atomic E-state index is 0. The molecule has 23 heavy (non-hydrogen) atoms. The number of morpholine rings is 1. The Kier molecular flexibility index (Phi) is 7.79. The molecule has 132 valence electrons. The Balaban J connectivity index is 0.00000192. The van der Waals surface area contributed by atoms with Crippen LogP contribution >= 0.6 is 23.7 Å². The van der Waals surface area contributed by atoms with E-state index in [1.165, 1.54) is 24.8 Å². The first kappa shape index (κ1) is 19.2. The van der Waals surface area contributed by atoms with Crippen molar-refractivity contribution < 1.29 is 4.74 Å². The van der Waals surface area contributed by atoms with Crippen molar-refractivity contribution >= 4 is 23.7 Å². The van der Waals surface area contributed by atoms with Gasteiger partial charge in [-0.2, -0.15) is 11.3 Å². The smallest absolute Gasteiger partial charge is 0.0623 e. The SMILES string of the molecule is CN(C)C(CNC1CCCC1C1COCCN1)c1ccsc1.Cl. The molecule has 1 saturated heterocycles. The minimum absolute atomic E-state index is 0. The van der Waals surface area contributed by atoms with Crippen LogP contribution in [0.3, 0.4) is 0 Å². The highest BCUT2D eigenvalue weighted by molar-refractivity contribution is 7.07. The fourth-order valence-electron chi connectivity index (χ4n) is 3.91. The molecule has 0 spiro atoms. The van der Waals surface area contributed by atoms with Crippen LogP contribution in [0.25, 0.3) is 0 Å². The first-order chi connectivity index (χ1) is 10.8. The Morgan fingerprint density at radius 2 is 2.30 bits per heavy atom. The van der Waals surface area contributed by atoms with Gasteiger partial charge >= 0.3 is 0 Å². The fraction of sp³-hybridized carbons (Fsp3) is 0.765. The van der Waals surface area contributed by atoms with Gasteiger partial charge in [0.15, 0.2) is 0 Å². The van der Waals surface area contributed by atoms with Crippen molar-refractivity contribution in [3.05, 3.63) is 22.4 Å². The lowest BCUT2D eigenvalue weighted by Crippen LogP contribution is -2.51. The molecule has 2 aliphatic rings. The van der Waals surface area contributed by atoms with Crippen LogP contribution in [0.5, 0.6) is 0 Å². The van der Waals surface area contributed by atoms with E-state index in [0.29, 0.717) is 24.0 Å².